The van der Waals surface area contributed by atoms with Gasteiger partial charge in [-0.2, -0.15) is 13.2 Å². The first kappa shape index (κ1) is 15.2. The predicted molar refractivity (Wildman–Crippen MR) is 72.5 cm³/mol. The number of hydrogen-bond acceptors (Lipinski definition) is 5. The van der Waals surface area contributed by atoms with E-state index in [2.05, 4.69) is 15.7 Å². The molecule has 0 bridgehead atoms. The number of rotatable bonds is 5. The number of nitrogens with zero attached hydrogens (tertiary/aromatic N) is 1. The number of halogens is 3. The predicted octanol–water partition coefficient (Wildman–Crippen LogP) is 3.02. The lowest BCUT2D eigenvalue weighted by Gasteiger charge is -2.16. The summed E-state index contributed by atoms with van der Waals surface area (Å²) in [4.78, 5) is 3.96. The molecule has 0 aliphatic carbocycles. The van der Waals surface area contributed by atoms with Crippen LogP contribution in [0.4, 0.5) is 24.8 Å². The third kappa shape index (κ3) is 4.12. The maximum atomic E-state index is 12.8. The van der Waals surface area contributed by atoms with E-state index in [1.165, 1.54) is 0 Å². The summed E-state index contributed by atoms with van der Waals surface area (Å²) in [6.45, 7) is 1.82. The van der Waals surface area contributed by atoms with Gasteiger partial charge in [0.15, 0.2) is 0 Å². The molecule has 4 N–H and O–H groups in total. The van der Waals surface area contributed by atoms with Gasteiger partial charge in [0.1, 0.15) is 17.4 Å². The van der Waals surface area contributed by atoms with Crippen molar-refractivity contribution < 1.29 is 17.6 Å². The molecule has 2 rings (SSSR count). The minimum atomic E-state index is -4.46. The summed E-state index contributed by atoms with van der Waals surface area (Å²) >= 11 is 0. The van der Waals surface area contributed by atoms with Crippen LogP contribution in [0.15, 0.2) is 34.9 Å². The lowest BCUT2D eigenvalue weighted by molar-refractivity contribution is -0.137. The normalized spacial score (nSPS) is 13.0. The van der Waals surface area contributed by atoms with Crippen molar-refractivity contribution in [2.24, 2.45) is 5.84 Å². The van der Waals surface area contributed by atoms with Gasteiger partial charge in [0.05, 0.1) is 11.8 Å². The largest absolute Gasteiger partial charge is 0.469 e. The van der Waals surface area contributed by atoms with Crippen LogP contribution >= 0.6 is 0 Å². The van der Waals surface area contributed by atoms with E-state index in [1.807, 2.05) is 6.92 Å². The second kappa shape index (κ2) is 6.04. The Bertz CT molecular complexity index is 584. The third-order valence-corrected chi connectivity index (χ3v) is 2.78. The zero-order valence-electron chi connectivity index (χ0n) is 11.2. The van der Waals surface area contributed by atoms with Crippen LogP contribution in [-0.2, 0) is 12.6 Å². The van der Waals surface area contributed by atoms with Crippen molar-refractivity contribution in [1.29, 1.82) is 0 Å². The van der Waals surface area contributed by atoms with Crippen molar-refractivity contribution >= 4 is 11.6 Å². The number of pyridine rings is 1. The van der Waals surface area contributed by atoms with E-state index in [0.717, 1.165) is 17.9 Å². The van der Waals surface area contributed by atoms with Gasteiger partial charge in [0.25, 0.3) is 0 Å². The maximum absolute atomic E-state index is 12.8. The molecule has 0 amide bonds. The molecule has 2 aromatic rings. The van der Waals surface area contributed by atoms with E-state index >= 15 is 0 Å². The van der Waals surface area contributed by atoms with Crippen LogP contribution in [0.3, 0.4) is 0 Å². The SMILES string of the molecule is CC(Cc1ccco1)Nc1cc(C(F)(F)F)cc(NN)n1. The zero-order chi connectivity index (χ0) is 15.5. The van der Waals surface area contributed by atoms with Gasteiger partial charge >= 0.3 is 6.18 Å². The van der Waals surface area contributed by atoms with Gasteiger partial charge in [-0.15, -0.1) is 0 Å². The Kier molecular flexibility index (Phi) is 4.37. The fourth-order valence-electron chi connectivity index (χ4n) is 1.88. The van der Waals surface area contributed by atoms with E-state index in [-0.39, 0.29) is 17.7 Å². The highest BCUT2D eigenvalue weighted by molar-refractivity contribution is 5.49. The van der Waals surface area contributed by atoms with Gasteiger partial charge in [-0.3, -0.25) is 0 Å². The molecule has 0 fully saturated rings. The molecule has 1 atom stereocenters. The molecule has 0 aliphatic heterocycles. The fraction of sp³-hybridized carbons (Fsp3) is 0.308. The third-order valence-electron chi connectivity index (χ3n) is 2.78. The fourth-order valence-corrected chi connectivity index (χ4v) is 1.88. The second-order valence-corrected chi connectivity index (χ2v) is 4.60. The smallest absolute Gasteiger partial charge is 0.416 e. The molecule has 5 nitrogen and oxygen atoms in total. The van der Waals surface area contributed by atoms with Crippen LogP contribution in [-0.4, -0.2) is 11.0 Å². The summed E-state index contributed by atoms with van der Waals surface area (Å²) in [5.41, 5.74) is 1.31. The van der Waals surface area contributed by atoms with Crippen molar-refractivity contribution in [3.63, 3.8) is 0 Å². The topological polar surface area (TPSA) is 76.1 Å². The molecule has 0 aromatic carbocycles. The van der Waals surface area contributed by atoms with Crippen molar-refractivity contribution in [3.05, 3.63) is 41.9 Å². The molecule has 1 unspecified atom stereocenters. The quantitative estimate of drug-likeness (QED) is 0.584. The minimum absolute atomic E-state index is 0.0578. The van der Waals surface area contributed by atoms with Crippen molar-refractivity contribution in [3.8, 4) is 0 Å². The van der Waals surface area contributed by atoms with E-state index in [1.54, 1.807) is 18.4 Å². The molecule has 2 aromatic heterocycles. The van der Waals surface area contributed by atoms with Crippen molar-refractivity contribution in [2.45, 2.75) is 25.6 Å². The first-order valence-electron chi connectivity index (χ1n) is 6.23. The highest BCUT2D eigenvalue weighted by Gasteiger charge is 2.31. The average Bonchev–Trinajstić information content (AvgIpc) is 2.89. The van der Waals surface area contributed by atoms with Gasteiger partial charge in [-0.25, -0.2) is 10.8 Å². The van der Waals surface area contributed by atoms with Crippen LogP contribution in [0.1, 0.15) is 18.2 Å². The Morgan fingerprint density at radius 1 is 1.33 bits per heavy atom. The first-order chi connectivity index (χ1) is 9.88. The maximum Gasteiger partial charge on any atom is 0.416 e. The number of alkyl halides is 3. The lowest BCUT2D eigenvalue weighted by atomic mass is 10.2. The van der Waals surface area contributed by atoms with Crippen LogP contribution in [0.25, 0.3) is 0 Å². The molecule has 114 valence electrons. The van der Waals surface area contributed by atoms with E-state index in [0.29, 0.717) is 6.42 Å². The van der Waals surface area contributed by atoms with Crippen molar-refractivity contribution in [2.75, 3.05) is 10.7 Å². The molecule has 0 radical (unpaired) electrons. The molecule has 0 aliphatic rings. The number of hydrogen-bond donors (Lipinski definition) is 3. The number of nitrogens with one attached hydrogen (secondary N) is 2. The summed E-state index contributed by atoms with van der Waals surface area (Å²) < 4.78 is 43.6. The number of nitrogen functional groups attached to an aromatic ring is 1. The van der Waals surface area contributed by atoms with E-state index in [9.17, 15) is 13.2 Å². The number of hydrazine groups is 1. The molecule has 21 heavy (non-hydrogen) atoms. The van der Waals surface area contributed by atoms with Crippen LogP contribution in [0.2, 0.25) is 0 Å². The number of aromatic nitrogens is 1. The Labute approximate surface area is 119 Å². The van der Waals surface area contributed by atoms with Gasteiger partial charge in [0, 0.05) is 12.5 Å². The molecular weight excluding hydrogens is 285 g/mol. The summed E-state index contributed by atoms with van der Waals surface area (Å²) in [7, 11) is 0. The monoisotopic (exact) mass is 300 g/mol. The van der Waals surface area contributed by atoms with E-state index in [4.69, 9.17) is 10.3 Å². The van der Waals surface area contributed by atoms with Gasteiger partial charge < -0.3 is 15.2 Å². The van der Waals surface area contributed by atoms with Crippen LogP contribution in [0, 0.1) is 0 Å². The van der Waals surface area contributed by atoms with Crippen LogP contribution < -0.4 is 16.6 Å². The molecular formula is C13H15F3N4O. The summed E-state index contributed by atoms with van der Waals surface area (Å²) in [5, 5.41) is 2.90. The highest BCUT2D eigenvalue weighted by atomic mass is 19.4. The number of furan rings is 1. The number of nitrogens with two attached hydrogens (primary N) is 1. The minimum Gasteiger partial charge on any atom is -0.469 e. The molecule has 2 heterocycles. The molecule has 0 saturated carbocycles. The average molecular weight is 300 g/mol. The highest BCUT2D eigenvalue weighted by Crippen LogP contribution is 2.32. The molecule has 8 heteroatoms. The van der Waals surface area contributed by atoms with Gasteiger partial charge in [0.2, 0.25) is 0 Å². The Balaban J connectivity index is 2.15. The number of anilines is 2. The Morgan fingerprint density at radius 3 is 2.62 bits per heavy atom. The summed E-state index contributed by atoms with van der Waals surface area (Å²) in [6.07, 6.45) is -2.40. The second-order valence-electron chi connectivity index (χ2n) is 4.60. The summed E-state index contributed by atoms with van der Waals surface area (Å²) in [6, 6.07) is 5.19. The lowest BCUT2D eigenvalue weighted by Crippen LogP contribution is -2.20. The van der Waals surface area contributed by atoms with Gasteiger partial charge in [-0.05, 0) is 31.2 Å². The van der Waals surface area contributed by atoms with E-state index < -0.39 is 11.7 Å². The standard InChI is InChI=1S/C13H15F3N4O/c1-8(5-10-3-2-4-21-10)18-11-6-9(13(14,15)16)7-12(19-11)20-17/h2-4,6-8H,5,17H2,1H3,(H2,18,19,20). The zero-order valence-corrected chi connectivity index (χ0v) is 11.2. The first-order valence-corrected chi connectivity index (χ1v) is 6.23. The molecule has 0 saturated heterocycles. The van der Waals surface area contributed by atoms with Crippen LogP contribution in [0.5, 0.6) is 0 Å². The molecule has 0 spiro atoms. The Hall–Kier alpha value is -2.22. The van der Waals surface area contributed by atoms with Gasteiger partial charge in [-0.1, -0.05) is 0 Å². The summed E-state index contributed by atoms with van der Waals surface area (Å²) in [5.74, 6) is 5.92. The Morgan fingerprint density at radius 2 is 2.05 bits per heavy atom. The van der Waals surface area contributed by atoms with Crippen molar-refractivity contribution in [1.82, 2.24) is 4.98 Å².